The van der Waals surface area contributed by atoms with E-state index in [0.29, 0.717) is 12.5 Å². The molecule has 0 saturated carbocycles. The highest BCUT2D eigenvalue weighted by Gasteiger charge is 2.17. The number of hydrogen-bond donors (Lipinski definition) is 1. The molecule has 0 amide bonds. The van der Waals surface area contributed by atoms with Crippen LogP contribution in [0.25, 0.3) is 0 Å². The van der Waals surface area contributed by atoms with E-state index in [1.54, 1.807) is 14.2 Å². The third-order valence-electron chi connectivity index (χ3n) is 3.12. The lowest BCUT2D eigenvalue weighted by atomic mass is 9.95. The fourth-order valence-corrected chi connectivity index (χ4v) is 1.85. The average molecular weight is 238 g/mol. The number of ether oxygens (including phenoxy) is 2. The van der Waals surface area contributed by atoms with Gasteiger partial charge in [0, 0.05) is 20.1 Å². The first-order valence-electron chi connectivity index (χ1n) is 5.91. The van der Waals surface area contributed by atoms with E-state index in [1.807, 2.05) is 12.1 Å². The molecule has 0 unspecified atom stereocenters. The normalized spacial score (nSPS) is 14.6. The van der Waals surface area contributed by atoms with Crippen LogP contribution in [0.3, 0.4) is 0 Å². The molecule has 2 atom stereocenters. The highest BCUT2D eigenvalue weighted by Crippen LogP contribution is 2.16. The van der Waals surface area contributed by atoms with Gasteiger partial charge in [-0.25, -0.2) is 0 Å². The van der Waals surface area contributed by atoms with Crippen LogP contribution in [0.4, 0.5) is 0 Å². The van der Waals surface area contributed by atoms with Crippen LogP contribution in [-0.4, -0.2) is 32.0 Å². The summed E-state index contributed by atoms with van der Waals surface area (Å²) < 4.78 is 10.6. The van der Waals surface area contributed by atoms with Crippen LogP contribution in [0.5, 0.6) is 0 Å². The molecule has 96 valence electrons. The van der Waals surface area contributed by atoms with E-state index < -0.39 is 0 Å². The largest absolute Gasteiger partial charge is 0.392 e. The first-order valence-corrected chi connectivity index (χ1v) is 5.91. The standard InChI is InChI=1S/C14H22O3/c1-11(17-3)14(10-16-2)8-12-4-6-13(9-15)7-5-12/h4-7,11,14-15H,8-10H2,1-3H3/t11-,14+/m1/s1. The lowest BCUT2D eigenvalue weighted by Crippen LogP contribution is -2.25. The second-order valence-electron chi connectivity index (χ2n) is 4.33. The Labute approximate surface area is 103 Å². The van der Waals surface area contributed by atoms with Crippen molar-refractivity contribution in [1.82, 2.24) is 0 Å². The summed E-state index contributed by atoms with van der Waals surface area (Å²) in [5, 5.41) is 8.98. The maximum absolute atomic E-state index is 8.98. The van der Waals surface area contributed by atoms with Crippen LogP contribution >= 0.6 is 0 Å². The maximum Gasteiger partial charge on any atom is 0.0681 e. The summed E-state index contributed by atoms with van der Waals surface area (Å²) in [7, 11) is 3.44. The molecule has 1 N–H and O–H groups in total. The van der Waals surface area contributed by atoms with Crippen molar-refractivity contribution >= 4 is 0 Å². The fraction of sp³-hybridized carbons (Fsp3) is 0.571. The Kier molecular flexibility index (Phi) is 6.19. The summed E-state index contributed by atoms with van der Waals surface area (Å²) in [5.74, 6) is 0.352. The van der Waals surface area contributed by atoms with Gasteiger partial charge in [-0.2, -0.15) is 0 Å². The monoisotopic (exact) mass is 238 g/mol. The highest BCUT2D eigenvalue weighted by molar-refractivity contribution is 5.22. The number of aliphatic hydroxyl groups excluding tert-OH is 1. The van der Waals surface area contributed by atoms with Crippen molar-refractivity contribution in [2.75, 3.05) is 20.8 Å². The van der Waals surface area contributed by atoms with Crippen molar-refractivity contribution in [1.29, 1.82) is 0 Å². The molecule has 0 heterocycles. The Morgan fingerprint density at radius 2 is 1.71 bits per heavy atom. The van der Waals surface area contributed by atoms with E-state index in [0.717, 1.165) is 12.0 Å². The van der Waals surface area contributed by atoms with Crippen LogP contribution in [-0.2, 0) is 22.5 Å². The molecule has 1 rings (SSSR count). The molecule has 0 bridgehead atoms. The van der Waals surface area contributed by atoms with Gasteiger partial charge in [0.25, 0.3) is 0 Å². The first-order chi connectivity index (χ1) is 8.21. The molecule has 0 aliphatic carbocycles. The first kappa shape index (κ1) is 14.2. The quantitative estimate of drug-likeness (QED) is 0.790. The summed E-state index contributed by atoms with van der Waals surface area (Å²) in [6.07, 6.45) is 1.10. The summed E-state index contributed by atoms with van der Waals surface area (Å²) in [6.45, 7) is 2.85. The Hall–Kier alpha value is -0.900. The predicted octanol–water partition coefficient (Wildman–Crippen LogP) is 2.02. The summed E-state index contributed by atoms with van der Waals surface area (Å²) >= 11 is 0. The molecule has 0 aliphatic rings. The van der Waals surface area contributed by atoms with Crippen LogP contribution < -0.4 is 0 Å². The molecule has 1 aromatic rings. The van der Waals surface area contributed by atoms with Crippen molar-refractivity contribution in [3.8, 4) is 0 Å². The van der Waals surface area contributed by atoms with E-state index in [9.17, 15) is 0 Å². The molecule has 17 heavy (non-hydrogen) atoms. The van der Waals surface area contributed by atoms with Gasteiger partial charge in [0.15, 0.2) is 0 Å². The zero-order valence-electron chi connectivity index (χ0n) is 10.8. The minimum Gasteiger partial charge on any atom is -0.392 e. The molecule has 0 aliphatic heterocycles. The minimum absolute atomic E-state index is 0.0935. The smallest absolute Gasteiger partial charge is 0.0681 e. The molecule has 0 fully saturated rings. The summed E-state index contributed by atoms with van der Waals surface area (Å²) in [4.78, 5) is 0. The van der Waals surface area contributed by atoms with Crippen molar-refractivity contribution in [3.05, 3.63) is 35.4 Å². The fourth-order valence-electron chi connectivity index (χ4n) is 1.85. The van der Waals surface area contributed by atoms with Gasteiger partial charge in [-0.15, -0.1) is 0 Å². The second kappa shape index (κ2) is 7.43. The van der Waals surface area contributed by atoms with E-state index in [-0.39, 0.29) is 12.7 Å². The van der Waals surface area contributed by atoms with Crippen LogP contribution in [0, 0.1) is 5.92 Å². The lowest BCUT2D eigenvalue weighted by Gasteiger charge is -2.22. The minimum atomic E-state index is 0.0935. The zero-order chi connectivity index (χ0) is 12.7. The molecule has 3 nitrogen and oxygen atoms in total. The number of benzene rings is 1. The number of hydrogen-bond acceptors (Lipinski definition) is 3. The molecule has 0 radical (unpaired) electrons. The SMILES string of the molecule is COC[C@H](Cc1ccc(CO)cc1)[C@@H](C)OC. The summed E-state index contributed by atoms with van der Waals surface area (Å²) in [5.41, 5.74) is 2.19. The van der Waals surface area contributed by atoms with E-state index >= 15 is 0 Å². The number of rotatable bonds is 7. The molecule has 3 heteroatoms. The van der Waals surface area contributed by atoms with Crippen molar-refractivity contribution < 1.29 is 14.6 Å². The van der Waals surface area contributed by atoms with Gasteiger partial charge in [0.05, 0.1) is 19.3 Å². The molecule has 0 aromatic heterocycles. The van der Waals surface area contributed by atoms with Crippen LogP contribution in [0.2, 0.25) is 0 Å². The van der Waals surface area contributed by atoms with Gasteiger partial charge in [-0.1, -0.05) is 24.3 Å². The van der Waals surface area contributed by atoms with Crippen molar-refractivity contribution in [2.24, 2.45) is 5.92 Å². The average Bonchev–Trinajstić information content (AvgIpc) is 2.38. The van der Waals surface area contributed by atoms with E-state index in [1.165, 1.54) is 5.56 Å². The molecule has 0 spiro atoms. The van der Waals surface area contributed by atoms with Gasteiger partial charge in [0.2, 0.25) is 0 Å². The van der Waals surface area contributed by atoms with E-state index in [2.05, 4.69) is 19.1 Å². The van der Waals surface area contributed by atoms with Gasteiger partial charge in [-0.05, 0) is 24.5 Å². The zero-order valence-corrected chi connectivity index (χ0v) is 10.8. The van der Waals surface area contributed by atoms with Gasteiger partial charge in [-0.3, -0.25) is 0 Å². The van der Waals surface area contributed by atoms with Gasteiger partial charge >= 0.3 is 0 Å². The van der Waals surface area contributed by atoms with Crippen molar-refractivity contribution in [3.63, 3.8) is 0 Å². The topological polar surface area (TPSA) is 38.7 Å². The van der Waals surface area contributed by atoms with Gasteiger partial charge in [0.1, 0.15) is 0 Å². The molecular formula is C14H22O3. The third-order valence-corrected chi connectivity index (χ3v) is 3.12. The van der Waals surface area contributed by atoms with Crippen LogP contribution in [0.1, 0.15) is 18.1 Å². The number of aliphatic hydroxyl groups is 1. The Balaban J connectivity index is 2.64. The van der Waals surface area contributed by atoms with Crippen molar-refractivity contribution in [2.45, 2.75) is 26.1 Å². The third kappa shape index (κ3) is 4.46. The summed E-state index contributed by atoms with van der Waals surface area (Å²) in [6, 6.07) is 8.01. The predicted molar refractivity (Wildman–Crippen MR) is 67.9 cm³/mol. The lowest BCUT2D eigenvalue weighted by molar-refractivity contribution is 0.0259. The maximum atomic E-state index is 8.98. The van der Waals surface area contributed by atoms with E-state index in [4.69, 9.17) is 14.6 Å². The molecular weight excluding hydrogens is 216 g/mol. The molecule has 0 saturated heterocycles. The second-order valence-corrected chi connectivity index (χ2v) is 4.33. The van der Waals surface area contributed by atoms with Crippen LogP contribution in [0.15, 0.2) is 24.3 Å². The van der Waals surface area contributed by atoms with Gasteiger partial charge < -0.3 is 14.6 Å². The molecule has 1 aromatic carbocycles. The Morgan fingerprint density at radius 3 is 2.18 bits per heavy atom. The number of methoxy groups -OCH3 is 2. The Bertz CT molecular complexity index is 308. The Morgan fingerprint density at radius 1 is 1.12 bits per heavy atom. The highest BCUT2D eigenvalue weighted by atomic mass is 16.5.